The first-order valence-electron chi connectivity index (χ1n) is 2.85. The Bertz CT molecular complexity index is 208. The Morgan fingerprint density at radius 1 is 1.50 bits per heavy atom. The van der Waals surface area contributed by atoms with Gasteiger partial charge in [0.15, 0.2) is 0 Å². The van der Waals surface area contributed by atoms with Gasteiger partial charge in [0.1, 0.15) is 0 Å². The molecule has 1 heterocycles. The highest BCUT2D eigenvalue weighted by molar-refractivity contribution is 5.63. The Kier molecular flexibility index (Phi) is 2.05. The molecule has 1 N–H and O–H groups in total. The molecule has 0 unspecified atom stereocenters. The molecule has 0 bridgehead atoms. The zero-order valence-electron chi connectivity index (χ0n) is 5.66. The molecule has 0 radical (unpaired) electrons. The monoisotopic (exact) mass is 136 g/mol. The average Bonchev–Trinajstić information content (AvgIpc) is 2.05. The molecule has 3 nitrogen and oxygen atoms in total. The standard InChI is InChI=1S/C7H8N2O/c1-10-9-4-2-7(6-8)3-5-9/h2-5,8H,1H3. The number of rotatable bonds is 1. The SMILES string of the molecule is CON1C=CC(=C=N)C=C1. The van der Waals surface area contributed by atoms with E-state index in [4.69, 9.17) is 10.2 Å². The van der Waals surface area contributed by atoms with Crippen LogP contribution in [0.1, 0.15) is 0 Å². The number of hydrogen-bond acceptors (Lipinski definition) is 3. The predicted molar refractivity (Wildman–Crippen MR) is 38.4 cm³/mol. The van der Waals surface area contributed by atoms with E-state index in [0.29, 0.717) is 0 Å². The van der Waals surface area contributed by atoms with Crippen LogP contribution in [0.4, 0.5) is 0 Å². The highest BCUT2D eigenvalue weighted by Crippen LogP contribution is 2.05. The van der Waals surface area contributed by atoms with Crippen molar-refractivity contribution in [1.82, 2.24) is 5.06 Å². The predicted octanol–water partition coefficient (Wildman–Crippen LogP) is 1.07. The zero-order valence-corrected chi connectivity index (χ0v) is 5.66. The van der Waals surface area contributed by atoms with E-state index in [2.05, 4.69) is 5.87 Å². The van der Waals surface area contributed by atoms with Crippen molar-refractivity contribution in [3.8, 4) is 0 Å². The summed E-state index contributed by atoms with van der Waals surface area (Å²) in [6, 6.07) is 0. The van der Waals surface area contributed by atoms with Crippen molar-refractivity contribution < 1.29 is 4.84 Å². The molecule has 0 spiro atoms. The quantitative estimate of drug-likeness (QED) is 0.547. The molecule has 1 aliphatic rings. The van der Waals surface area contributed by atoms with Crippen LogP contribution in [0.3, 0.4) is 0 Å². The van der Waals surface area contributed by atoms with Gasteiger partial charge in [0.05, 0.1) is 7.11 Å². The summed E-state index contributed by atoms with van der Waals surface area (Å²) < 4.78 is 0. The summed E-state index contributed by atoms with van der Waals surface area (Å²) in [6.07, 6.45) is 6.93. The molecule has 3 heteroatoms. The van der Waals surface area contributed by atoms with E-state index in [9.17, 15) is 0 Å². The molecule has 1 aliphatic heterocycles. The van der Waals surface area contributed by atoms with Gasteiger partial charge >= 0.3 is 0 Å². The molecular formula is C7H8N2O. The van der Waals surface area contributed by atoms with Crippen LogP contribution in [-0.4, -0.2) is 18.0 Å². The minimum Gasteiger partial charge on any atom is -0.273 e. The second-order valence-corrected chi connectivity index (χ2v) is 1.75. The fourth-order valence-electron chi connectivity index (χ4n) is 0.618. The van der Waals surface area contributed by atoms with Gasteiger partial charge in [-0.25, -0.2) is 5.06 Å². The normalized spacial score (nSPS) is 15.7. The van der Waals surface area contributed by atoms with Gasteiger partial charge in [-0.3, -0.25) is 10.2 Å². The Balaban J connectivity index is 2.70. The van der Waals surface area contributed by atoms with Gasteiger partial charge in [0.2, 0.25) is 0 Å². The number of hydroxylamine groups is 2. The van der Waals surface area contributed by atoms with Crippen LogP contribution >= 0.6 is 0 Å². The van der Waals surface area contributed by atoms with Crippen LogP contribution in [-0.2, 0) is 4.84 Å². The lowest BCUT2D eigenvalue weighted by Gasteiger charge is -2.13. The Morgan fingerprint density at radius 2 is 2.10 bits per heavy atom. The first-order chi connectivity index (χ1) is 4.86. The summed E-state index contributed by atoms with van der Waals surface area (Å²) in [5, 5.41) is 8.31. The Hall–Kier alpha value is -1.31. The summed E-state index contributed by atoms with van der Waals surface area (Å²) in [7, 11) is 1.58. The number of hydrogen-bond donors (Lipinski definition) is 1. The van der Waals surface area contributed by atoms with Gasteiger partial charge in [-0.05, 0) is 18.0 Å². The molecule has 0 atom stereocenters. The molecule has 0 saturated carbocycles. The molecule has 0 aromatic heterocycles. The maximum Gasteiger partial charge on any atom is 0.0643 e. The molecular weight excluding hydrogens is 128 g/mol. The third-order valence-electron chi connectivity index (χ3n) is 1.16. The van der Waals surface area contributed by atoms with Gasteiger partial charge in [-0.1, -0.05) is 0 Å². The van der Waals surface area contributed by atoms with Crippen molar-refractivity contribution in [2.24, 2.45) is 0 Å². The number of nitrogens with one attached hydrogen (secondary N) is 1. The van der Waals surface area contributed by atoms with Crippen molar-refractivity contribution in [3.05, 3.63) is 30.1 Å². The summed E-state index contributed by atoms with van der Waals surface area (Å²) in [4.78, 5) is 4.84. The Morgan fingerprint density at radius 3 is 2.50 bits per heavy atom. The fourth-order valence-corrected chi connectivity index (χ4v) is 0.618. The third-order valence-corrected chi connectivity index (χ3v) is 1.16. The molecule has 0 fully saturated rings. The minimum atomic E-state index is 0.744. The molecule has 0 aromatic carbocycles. The first kappa shape index (κ1) is 6.81. The second kappa shape index (κ2) is 3.01. The van der Waals surface area contributed by atoms with E-state index in [-0.39, 0.29) is 0 Å². The van der Waals surface area contributed by atoms with E-state index in [1.54, 1.807) is 36.7 Å². The molecule has 1 rings (SSSR count). The van der Waals surface area contributed by atoms with E-state index in [1.807, 2.05) is 0 Å². The molecule has 0 saturated heterocycles. The second-order valence-electron chi connectivity index (χ2n) is 1.75. The third kappa shape index (κ3) is 1.35. The van der Waals surface area contributed by atoms with Gasteiger partial charge in [0, 0.05) is 18.0 Å². The van der Waals surface area contributed by atoms with Crippen molar-refractivity contribution in [2.45, 2.75) is 0 Å². The van der Waals surface area contributed by atoms with Crippen LogP contribution in [0, 0.1) is 5.41 Å². The van der Waals surface area contributed by atoms with E-state index in [0.717, 1.165) is 5.57 Å². The lowest BCUT2D eigenvalue weighted by atomic mass is 10.2. The summed E-state index contributed by atoms with van der Waals surface area (Å²) in [6.45, 7) is 0. The van der Waals surface area contributed by atoms with Crippen molar-refractivity contribution >= 4 is 5.87 Å². The molecule has 0 amide bonds. The first-order valence-corrected chi connectivity index (χ1v) is 2.85. The fraction of sp³-hybridized carbons (Fsp3) is 0.143. The zero-order chi connectivity index (χ0) is 7.40. The van der Waals surface area contributed by atoms with Crippen LogP contribution in [0.25, 0.3) is 0 Å². The van der Waals surface area contributed by atoms with Crippen LogP contribution in [0.15, 0.2) is 30.1 Å². The molecule has 10 heavy (non-hydrogen) atoms. The van der Waals surface area contributed by atoms with Crippen LogP contribution < -0.4 is 0 Å². The number of allylic oxidation sites excluding steroid dienone is 3. The lowest BCUT2D eigenvalue weighted by molar-refractivity contribution is -0.0444. The molecule has 52 valence electrons. The summed E-state index contributed by atoms with van der Waals surface area (Å²) in [5.74, 6) is 2.26. The van der Waals surface area contributed by atoms with Crippen LogP contribution in [0.2, 0.25) is 0 Å². The van der Waals surface area contributed by atoms with Crippen molar-refractivity contribution in [2.75, 3.05) is 7.11 Å². The van der Waals surface area contributed by atoms with Crippen LogP contribution in [0.5, 0.6) is 0 Å². The van der Waals surface area contributed by atoms with Gasteiger partial charge < -0.3 is 0 Å². The van der Waals surface area contributed by atoms with Gasteiger partial charge in [0.25, 0.3) is 0 Å². The van der Waals surface area contributed by atoms with E-state index < -0.39 is 0 Å². The Labute approximate surface area is 59.4 Å². The molecule has 0 aliphatic carbocycles. The maximum atomic E-state index is 6.77. The van der Waals surface area contributed by atoms with E-state index in [1.165, 1.54) is 0 Å². The smallest absolute Gasteiger partial charge is 0.0643 e. The topological polar surface area (TPSA) is 36.3 Å². The van der Waals surface area contributed by atoms with Crippen molar-refractivity contribution in [3.63, 3.8) is 0 Å². The van der Waals surface area contributed by atoms with Crippen molar-refractivity contribution in [1.29, 1.82) is 5.41 Å². The summed E-state index contributed by atoms with van der Waals surface area (Å²) in [5.41, 5.74) is 0.744. The van der Waals surface area contributed by atoms with Gasteiger partial charge in [-0.15, -0.1) is 0 Å². The highest BCUT2D eigenvalue weighted by atomic mass is 16.7. The largest absolute Gasteiger partial charge is 0.273 e. The number of nitrogens with zero attached hydrogens (tertiary/aromatic N) is 1. The lowest BCUT2D eigenvalue weighted by Crippen LogP contribution is -2.09. The highest BCUT2D eigenvalue weighted by Gasteiger charge is 1.96. The average molecular weight is 136 g/mol. The van der Waals surface area contributed by atoms with Gasteiger partial charge in [-0.2, -0.15) is 0 Å². The van der Waals surface area contributed by atoms with E-state index >= 15 is 0 Å². The summed E-state index contributed by atoms with van der Waals surface area (Å²) >= 11 is 0. The maximum absolute atomic E-state index is 6.77. The minimum absolute atomic E-state index is 0.744. The molecule has 0 aromatic rings.